The van der Waals surface area contributed by atoms with E-state index >= 15 is 0 Å². The van der Waals surface area contributed by atoms with Gasteiger partial charge in [-0.05, 0) is 31.2 Å². The molecule has 4 heteroatoms. The molecule has 0 radical (unpaired) electrons. The lowest BCUT2D eigenvalue weighted by Crippen LogP contribution is -2.35. The van der Waals surface area contributed by atoms with Crippen molar-refractivity contribution in [2.24, 2.45) is 11.1 Å². The van der Waals surface area contributed by atoms with Crippen molar-refractivity contribution in [3.05, 3.63) is 0 Å². The predicted octanol–water partition coefficient (Wildman–Crippen LogP) is 1.54. The highest BCUT2D eigenvalue weighted by Gasteiger charge is 2.43. The number of rotatable bonds is 9. The highest BCUT2D eigenvalue weighted by Crippen LogP contribution is 2.49. The van der Waals surface area contributed by atoms with Crippen LogP contribution in [-0.2, 0) is 0 Å². The normalized spacial score (nSPS) is 17.7. The third-order valence-corrected chi connectivity index (χ3v) is 3.45. The van der Waals surface area contributed by atoms with Gasteiger partial charge in [0.15, 0.2) is 0 Å². The van der Waals surface area contributed by atoms with Crippen LogP contribution in [0.3, 0.4) is 0 Å². The van der Waals surface area contributed by atoms with E-state index in [-0.39, 0.29) is 6.61 Å². The molecule has 1 saturated carbocycles. The van der Waals surface area contributed by atoms with E-state index in [1.807, 2.05) is 0 Å². The monoisotopic (exact) mass is 244 g/mol. The van der Waals surface area contributed by atoms with E-state index in [4.69, 9.17) is 23.1 Å². The second kappa shape index (κ2) is 6.52. The molecule has 0 bridgehead atoms. The summed E-state index contributed by atoms with van der Waals surface area (Å²) in [6.07, 6.45) is 5.74. The van der Waals surface area contributed by atoms with Crippen molar-refractivity contribution in [3.8, 4) is 0 Å². The minimum Gasteiger partial charge on any atom is -0.395 e. The molecular formula is C12H24N2OS. The smallest absolute Gasteiger partial charge is 0.0733 e. The molecule has 0 atom stereocenters. The third-order valence-electron chi connectivity index (χ3n) is 3.31. The molecule has 0 amide bonds. The first kappa shape index (κ1) is 13.9. The van der Waals surface area contributed by atoms with Crippen LogP contribution >= 0.6 is 12.2 Å². The molecule has 1 aliphatic carbocycles. The highest BCUT2D eigenvalue weighted by atomic mass is 32.1. The first-order valence-electron chi connectivity index (χ1n) is 6.23. The van der Waals surface area contributed by atoms with Crippen molar-refractivity contribution >= 4 is 17.2 Å². The van der Waals surface area contributed by atoms with Gasteiger partial charge < -0.3 is 15.7 Å². The second-order valence-electron chi connectivity index (χ2n) is 5.00. The zero-order valence-electron chi connectivity index (χ0n) is 10.2. The number of thiocarbonyl (C=S) groups is 1. The lowest BCUT2D eigenvalue weighted by atomic mass is 10.0. The van der Waals surface area contributed by atoms with E-state index in [9.17, 15) is 0 Å². The quantitative estimate of drug-likeness (QED) is 0.604. The van der Waals surface area contributed by atoms with Crippen LogP contribution in [0.25, 0.3) is 0 Å². The average molecular weight is 244 g/mol. The summed E-state index contributed by atoms with van der Waals surface area (Å²) in [7, 11) is 0. The van der Waals surface area contributed by atoms with Crippen molar-refractivity contribution < 1.29 is 5.11 Å². The highest BCUT2D eigenvalue weighted by molar-refractivity contribution is 7.80. The van der Waals surface area contributed by atoms with Crippen molar-refractivity contribution in [1.82, 2.24) is 4.90 Å². The van der Waals surface area contributed by atoms with Gasteiger partial charge in [0.25, 0.3) is 0 Å². The standard InChI is InChI=1S/C12H24N2OS/c1-2-3-6-14(7-8-15)10-12(4-5-12)9-11(13)16/h15H,2-10H2,1H3,(H2,13,16). The first-order valence-corrected chi connectivity index (χ1v) is 6.64. The molecule has 0 aliphatic heterocycles. The minimum atomic E-state index is 0.243. The lowest BCUT2D eigenvalue weighted by molar-refractivity contribution is 0.168. The zero-order valence-corrected chi connectivity index (χ0v) is 11.1. The number of hydrogen-bond acceptors (Lipinski definition) is 3. The Balaban J connectivity index is 2.37. The molecule has 94 valence electrons. The topological polar surface area (TPSA) is 49.5 Å². The van der Waals surface area contributed by atoms with Gasteiger partial charge in [-0.1, -0.05) is 25.6 Å². The molecule has 0 aromatic rings. The summed E-state index contributed by atoms with van der Waals surface area (Å²) in [5.74, 6) is 0. The van der Waals surface area contributed by atoms with E-state index in [1.165, 1.54) is 25.7 Å². The Morgan fingerprint density at radius 3 is 2.56 bits per heavy atom. The summed E-state index contributed by atoms with van der Waals surface area (Å²) >= 11 is 5.00. The van der Waals surface area contributed by atoms with Gasteiger partial charge in [-0.15, -0.1) is 0 Å². The Bertz CT molecular complexity index is 229. The van der Waals surface area contributed by atoms with Gasteiger partial charge in [-0.25, -0.2) is 0 Å². The fraction of sp³-hybridized carbons (Fsp3) is 0.917. The van der Waals surface area contributed by atoms with E-state index in [0.717, 1.165) is 26.1 Å². The predicted molar refractivity (Wildman–Crippen MR) is 71.5 cm³/mol. The number of aliphatic hydroxyl groups is 1. The molecule has 0 heterocycles. The molecule has 3 nitrogen and oxygen atoms in total. The van der Waals surface area contributed by atoms with Crippen LogP contribution in [0.1, 0.15) is 39.0 Å². The Morgan fingerprint density at radius 2 is 2.12 bits per heavy atom. The SMILES string of the molecule is CCCCN(CCO)CC1(CC(N)=S)CC1. The van der Waals surface area contributed by atoms with Crippen LogP contribution in [0, 0.1) is 5.41 Å². The Labute approximate surface area is 104 Å². The summed E-state index contributed by atoms with van der Waals surface area (Å²) in [5, 5.41) is 9.04. The molecule has 0 saturated heterocycles. The number of nitrogens with two attached hydrogens (primary N) is 1. The number of hydrogen-bond donors (Lipinski definition) is 2. The fourth-order valence-electron chi connectivity index (χ4n) is 2.20. The molecule has 1 rings (SSSR count). The van der Waals surface area contributed by atoms with Crippen LogP contribution < -0.4 is 5.73 Å². The molecular weight excluding hydrogens is 220 g/mol. The van der Waals surface area contributed by atoms with Crippen molar-refractivity contribution in [2.45, 2.75) is 39.0 Å². The van der Waals surface area contributed by atoms with Gasteiger partial charge in [0.05, 0.1) is 11.6 Å². The maximum absolute atomic E-state index is 9.04. The van der Waals surface area contributed by atoms with Gasteiger partial charge in [0.1, 0.15) is 0 Å². The number of aliphatic hydroxyl groups excluding tert-OH is 1. The summed E-state index contributed by atoms with van der Waals surface area (Å²) in [4.78, 5) is 2.99. The van der Waals surface area contributed by atoms with Gasteiger partial charge in [-0.2, -0.15) is 0 Å². The van der Waals surface area contributed by atoms with E-state index in [1.54, 1.807) is 0 Å². The van der Waals surface area contributed by atoms with Gasteiger partial charge in [0, 0.05) is 19.5 Å². The largest absolute Gasteiger partial charge is 0.395 e. The Kier molecular flexibility index (Phi) is 5.66. The van der Waals surface area contributed by atoms with Crippen LogP contribution in [0.5, 0.6) is 0 Å². The molecule has 0 unspecified atom stereocenters. The van der Waals surface area contributed by atoms with Gasteiger partial charge in [-0.3, -0.25) is 0 Å². The Hall–Kier alpha value is -0.190. The van der Waals surface area contributed by atoms with Crippen LogP contribution in [0.4, 0.5) is 0 Å². The van der Waals surface area contributed by atoms with Crippen LogP contribution in [0.2, 0.25) is 0 Å². The molecule has 1 fully saturated rings. The molecule has 0 spiro atoms. The maximum atomic E-state index is 9.04. The molecule has 1 aliphatic rings. The van der Waals surface area contributed by atoms with Crippen LogP contribution in [-0.4, -0.2) is 41.2 Å². The molecule has 0 aromatic carbocycles. The van der Waals surface area contributed by atoms with Crippen molar-refractivity contribution in [2.75, 3.05) is 26.2 Å². The second-order valence-corrected chi connectivity index (χ2v) is 5.52. The van der Waals surface area contributed by atoms with Crippen molar-refractivity contribution in [3.63, 3.8) is 0 Å². The molecule has 0 aromatic heterocycles. The summed E-state index contributed by atoms with van der Waals surface area (Å²) < 4.78 is 0. The Morgan fingerprint density at radius 1 is 1.44 bits per heavy atom. The summed E-state index contributed by atoms with van der Waals surface area (Å²) in [6.45, 7) is 5.34. The van der Waals surface area contributed by atoms with E-state index in [2.05, 4.69) is 11.8 Å². The first-order chi connectivity index (χ1) is 7.62. The maximum Gasteiger partial charge on any atom is 0.0733 e. The molecule has 16 heavy (non-hydrogen) atoms. The summed E-state index contributed by atoms with van der Waals surface area (Å²) in [5.41, 5.74) is 5.97. The number of nitrogens with zero attached hydrogens (tertiary/aromatic N) is 1. The van der Waals surface area contributed by atoms with E-state index < -0.39 is 0 Å². The molecule has 3 N–H and O–H groups in total. The average Bonchev–Trinajstić information content (AvgIpc) is 2.93. The third kappa shape index (κ3) is 4.76. The number of unbranched alkanes of at least 4 members (excludes halogenated alkanes) is 1. The van der Waals surface area contributed by atoms with E-state index in [0.29, 0.717) is 10.4 Å². The van der Waals surface area contributed by atoms with Gasteiger partial charge in [0.2, 0.25) is 0 Å². The lowest BCUT2D eigenvalue weighted by Gasteiger charge is -2.26. The van der Waals surface area contributed by atoms with Crippen LogP contribution in [0.15, 0.2) is 0 Å². The fourth-order valence-corrected chi connectivity index (χ4v) is 2.51. The summed E-state index contributed by atoms with van der Waals surface area (Å²) in [6, 6.07) is 0. The van der Waals surface area contributed by atoms with Gasteiger partial charge >= 0.3 is 0 Å². The minimum absolute atomic E-state index is 0.243. The zero-order chi connectivity index (χ0) is 12.0. The van der Waals surface area contributed by atoms with Crippen molar-refractivity contribution in [1.29, 1.82) is 0 Å².